The first-order chi connectivity index (χ1) is 10.8. The highest BCUT2D eigenvalue weighted by Gasteiger charge is 2.27. The summed E-state index contributed by atoms with van der Waals surface area (Å²) in [6.07, 6.45) is 1.35. The Hall–Kier alpha value is -2.04. The Labute approximate surface area is 141 Å². The molecule has 2 aliphatic heterocycles. The number of anilines is 2. The van der Waals surface area contributed by atoms with Crippen molar-refractivity contribution in [2.75, 3.05) is 23.8 Å². The quantitative estimate of drug-likeness (QED) is 0.888. The number of benzene rings is 2. The van der Waals surface area contributed by atoms with Gasteiger partial charge in [-0.15, -0.1) is 12.4 Å². The Morgan fingerprint density at radius 1 is 1.13 bits per heavy atom. The van der Waals surface area contributed by atoms with Crippen molar-refractivity contribution in [2.45, 2.75) is 18.9 Å². The molecule has 2 heterocycles. The molecule has 0 bridgehead atoms. The monoisotopic (exact) mass is 330 g/mol. The topological polar surface area (TPSA) is 50.4 Å². The van der Waals surface area contributed by atoms with Gasteiger partial charge < -0.3 is 15.4 Å². The third kappa shape index (κ3) is 3.05. The van der Waals surface area contributed by atoms with E-state index in [1.165, 1.54) is 11.1 Å². The number of halogens is 1. The van der Waals surface area contributed by atoms with Gasteiger partial charge in [-0.3, -0.25) is 4.79 Å². The van der Waals surface area contributed by atoms with Crippen LogP contribution in [0.4, 0.5) is 11.4 Å². The van der Waals surface area contributed by atoms with E-state index in [0.717, 1.165) is 36.3 Å². The molecule has 0 radical (unpaired) electrons. The Kier molecular flexibility index (Phi) is 4.55. The fraction of sp³-hybridized carbons (Fsp3) is 0.278. The van der Waals surface area contributed by atoms with E-state index >= 15 is 0 Å². The molecule has 4 rings (SSSR count). The van der Waals surface area contributed by atoms with E-state index in [1.807, 2.05) is 36.4 Å². The molecule has 0 aromatic heterocycles. The lowest BCUT2D eigenvalue weighted by Crippen LogP contribution is -2.28. The van der Waals surface area contributed by atoms with E-state index in [0.29, 0.717) is 6.61 Å². The lowest BCUT2D eigenvalue weighted by molar-refractivity contribution is -0.128. The van der Waals surface area contributed by atoms with Crippen molar-refractivity contribution in [1.29, 1.82) is 0 Å². The summed E-state index contributed by atoms with van der Waals surface area (Å²) in [5.74, 6) is -0.0990. The van der Waals surface area contributed by atoms with Crippen molar-refractivity contribution in [1.82, 2.24) is 0 Å². The molecular formula is C18H19ClN2O2. The molecule has 0 saturated carbocycles. The zero-order valence-corrected chi connectivity index (χ0v) is 13.5. The second-order valence-corrected chi connectivity index (χ2v) is 5.74. The minimum atomic E-state index is -0.517. The molecule has 0 saturated heterocycles. The number of carbonyl (C=O) groups is 1. The van der Waals surface area contributed by atoms with Crippen LogP contribution in [-0.4, -0.2) is 19.1 Å². The van der Waals surface area contributed by atoms with Gasteiger partial charge in [-0.2, -0.15) is 0 Å². The highest BCUT2D eigenvalue weighted by molar-refractivity contribution is 5.95. The van der Waals surface area contributed by atoms with Crippen LogP contribution in [-0.2, 0) is 22.4 Å². The Morgan fingerprint density at radius 2 is 2.00 bits per heavy atom. The fourth-order valence-corrected chi connectivity index (χ4v) is 3.20. The smallest absolute Gasteiger partial charge is 0.258 e. The van der Waals surface area contributed by atoms with Crippen LogP contribution < -0.4 is 10.6 Å². The fourth-order valence-electron chi connectivity index (χ4n) is 3.20. The van der Waals surface area contributed by atoms with Crippen molar-refractivity contribution >= 4 is 29.7 Å². The zero-order valence-electron chi connectivity index (χ0n) is 12.7. The Bertz CT molecular complexity index is 733. The molecule has 2 aromatic rings. The zero-order chi connectivity index (χ0) is 14.9. The Morgan fingerprint density at radius 3 is 2.91 bits per heavy atom. The van der Waals surface area contributed by atoms with E-state index < -0.39 is 6.10 Å². The SMILES string of the molecule is Cl.O=C(Nc1ccc2c(c1)CCN2)C1OCCc2ccccc21. The maximum Gasteiger partial charge on any atom is 0.258 e. The van der Waals surface area contributed by atoms with Crippen LogP contribution in [0.5, 0.6) is 0 Å². The lowest BCUT2D eigenvalue weighted by Gasteiger charge is -2.25. The summed E-state index contributed by atoms with van der Waals surface area (Å²) in [6.45, 7) is 1.55. The van der Waals surface area contributed by atoms with Crippen LogP contribution in [0.25, 0.3) is 0 Å². The van der Waals surface area contributed by atoms with E-state index in [1.54, 1.807) is 0 Å². The van der Waals surface area contributed by atoms with Crippen molar-refractivity contribution in [2.24, 2.45) is 0 Å². The minimum Gasteiger partial charge on any atom is -0.384 e. The number of rotatable bonds is 2. The van der Waals surface area contributed by atoms with Gasteiger partial charge in [-0.1, -0.05) is 24.3 Å². The standard InChI is InChI=1S/C18H18N2O2.ClH/c21-18(17-15-4-2-1-3-12(15)8-10-22-17)20-14-5-6-16-13(11-14)7-9-19-16;/h1-6,11,17,19H,7-10H2,(H,20,21);1H. The summed E-state index contributed by atoms with van der Waals surface area (Å²) in [5.41, 5.74) is 5.43. The van der Waals surface area contributed by atoms with Crippen molar-refractivity contribution < 1.29 is 9.53 Å². The normalized spacial score (nSPS) is 18.2. The van der Waals surface area contributed by atoms with Gasteiger partial charge in [-0.05, 0) is 47.7 Å². The van der Waals surface area contributed by atoms with Crippen molar-refractivity contribution in [3.63, 3.8) is 0 Å². The number of nitrogens with one attached hydrogen (secondary N) is 2. The van der Waals surface area contributed by atoms with Crippen LogP contribution in [0.1, 0.15) is 22.8 Å². The van der Waals surface area contributed by atoms with Gasteiger partial charge in [0.15, 0.2) is 6.10 Å². The molecule has 23 heavy (non-hydrogen) atoms. The molecule has 1 atom stereocenters. The van der Waals surface area contributed by atoms with E-state index in [4.69, 9.17) is 4.74 Å². The maximum atomic E-state index is 12.6. The number of ether oxygens (including phenoxy) is 1. The highest BCUT2D eigenvalue weighted by atomic mass is 35.5. The molecule has 4 nitrogen and oxygen atoms in total. The summed E-state index contributed by atoms with van der Waals surface area (Å²) in [5, 5.41) is 6.31. The largest absolute Gasteiger partial charge is 0.384 e. The highest BCUT2D eigenvalue weighted by Crippen LogP contribution is 2.29. The first-order valence-electron chi connectivity index (χ1n) is 7.68. The van der Waals surface area contributed by atoms with Crippen LogP contribution >= 0.6 is 12.4 Å². The van der Waals surface area contributed by atoms with Gasteiger partial charge in [0.25, 0.3) is 5.91 Å². The third-order valence-corrected chi connectivity index (χ3v) is 4.31. The average Bonchev–Trinajstić information content (AvgIpc) is 3.02. The molecular weight excluding hydrogens is 312 g/mol. The number of carbonyl (C=O) groups excluding carboxylic acids is 1. The number of amides is 1. The van der Waals surface area contributed by atoms with Crippen LogP contribution in [0, 0.1) is 0 Å². The number of fused-ring (bicyclic) bond motifs is 2. The lowest BCUT2D eigenvalue weighted by atomic mass is 9.97. The molecule has 2 aliphatic rings. The van der Waals surface area contributed by atoms with Crippen LogP contribution in [0.2, 0.25) is 0 Å². The maximum absolute atomic E-state index is 12.6. The van der Waals surface area contributed by atoms with Gasteiger partial charge in [0, 0.05) is 17.9 Å². The first-order valence-corrected chi connectivity index (χ1v) is 7.68. The van der Waals surface area contributed by atoms with Gasteiger partial charge in [0.05, 0.1) is 6.61 Å². The minimum absolute atomic E-state index is 0. The molecule has 1 unspecified atom stereocenters. The second-order valence-electron chi connectivity index (χ2n) is 5.74. The second kappa shape index (κ2) is 6.60. The molecule has 5 heteroatoms. The summed E-state index contributed by atoms with van der Waals surface area (Å²) in [6, 6.07) is 14.0. The van der Waals surface area contributed by atoms with E-state index in [-0.39, 0.29) is 18.3 Å². The molecule has 0 spiro atoms. The summed E-state index contributed by atoms with van der Waals surface area (Å²) < 4.78 is 5.71. The van der Waals surface area contributed by atoms with Gasteiger partial charge in [0.2, 0.25) is 0 Å². The summed E-state index contributed by atoms with van der Waals surface area (Å²) in [7, 11) is 0. The molecule has 1 amide bonds. The third-order valence-electron chi connectivity index (χ3n) is 4.31. The van der Waals surface area contributed by atoms with Gasteiger partial charge >= 0.3 is 0 Å². The van der Waals surface area contributed by atoms with Gasteiger partial charge in [-0.25, -0.2) is 0 Å². The first kappa shape index (κ1) is 15.8. The van der Waals surface area contributed by atoms with Crippen LogP contribution in [0.3, 0.4) is 0 Å². The van der Waals surface area contributed by atoms with Crippen molar-refractivity contribution in [3.8, 4) is 0 Å². The molecule has 120 valence electrons. The predicted octanol–water partition coefficient (Wildman–Crippen LogP) is 3.33. The Balaban J connectivity index is 0.00000156. The summed E-state index contributed by atoms with van der Waals surface area (Å²) >= 11 is 0. The summed E-state index contributed by atoms with van der Waals surface area (Å²) in [4.78, 5) is 12.6. The predicted molar refractivity (Wildman–Crippen MR) is 93.4 cm³/mol. The van der Waals surface area contributed by atoms with Crippen LogP contribution in [0.15, 0.2) is 42.5 Å². The molecule has 0 fully saturated rings. The number of hydrogen-bond donors (Lipinski definition) is 2. The van der Waals surface area contributed by atoms with E-state index in [9.17, 15) is 4.79 Å². The van der Waals surface area contributed by atoms with E-state index in [2.05, 4.69) is 16.7 Å². The average molecular weight is 331 g/mol. The van der Waals surface area contributed by atoms with Gasteiger partial charge in [0.1, 0.15) is 0 Å². The number of hydrogen-bond acceptors (Lipinski definition) is 3. The molecule has 0 aliphatic carbocycles. The molecule has 2 aromatic carbocycles. The molecule has 2 N–H and O–H groups in total. The van der Waals surface area contributed by atoms with Crippen molar-refractivity contribution in [3.05, 3.63) is 59.2 Å².